The molecule has 0 saturated carbocycles. The summed E-state index contributed by atoms with van der Waals surface area (Å²) in [6, 6.07) is 6.04. The van der Waals surface area contributed by atoms with Crippen LogP contribution in [0, 0.1) is 6.92 Å². The molecule has 5 rings (SSSR count). The number of aromatic nitrogens is 4. The zero-order chi connectivity index (χ0) is 20.0. The number of carbonyl (C=O) groups excluding carboxylic acids is 1. The zero-order valence-corrected chi connectivity index (χ0v) is 17.5. The van der Waals surface area contributed by atoms with Crippen molar-refractivity contribution in [2.24, 2.45) is 0 Å². The van der Waals surface area contributed by atoms with Crippen molar-refractivity contribution in [3.8, 4) is 10.9 Å². The fourth-order valence-corrected chi connectivity index (χ4v) is 5.26. The van der Waals surface area contributed by atoms with E-state index in [1.165, 1.54) is 29.0 Å². The van der Waals surface area contributed by atoms with E-state index >= 15 is 0 Å². The molecule has 1 aliphatic carbocycles. The lowest BCUT2D eigenvalue weighted by atomic mass is 9.99. The van der Waals surface area contributed by atoms with Crippen molar-refractivity contribution in [2.75, 3.05) is 13.7 Å². The summed E-state index contributed by atoms with van der Waals surface area (Å²) >= 11 is 1.67. The van der Waals surface area contributed by atoms with Crippen LogP contribution in [-0.4, -0.2) is 44.4 Å². The summed E-state index contributed by atoms with van der Waals surface area (Å²) in [4.78, 5) is 21.1. The molecule has 2 aromatic heterocycles. The lowest BCUT2D eigenvalue weighted by molar-refractivity contribution is 0.0728. The van der Waals surface area contributed by atoms with Crippen molar-refractivity contribution >= 4 is 17.2 Å². The van der Waals surface area contributed by atoms with Gasteiger partial charge in [0.1, 0.15) is 5.75 Å². The van der Waals surface area contributed by atoms with Crippen molar-refractivity contribution in [3.63, 3.8) is 0 Å². The Labute approximate surface area is 173 Å². The fraction of sp³-hybridized carbons (Fsp3) is 0.429. The summed E-state index contributed by atoms with van der Waals surface area (Å²) in [5.74, 6) is 0.782. The molecule has 0 spiro atoms. The maximum atomic E-state index is 13.2. The molecular formula is C21H23N5O2S. The molecule has 1 aromatic carbocycles. The molecule has 0 unspecified atom stereocenters. The summed E-state index contributed by atoms with van der Waals surface area (Å²) in [5.41, 5.74) is 4.74. The molecular weight excluding hydrogens is 386 g/mol. The van der Waals surface area contributed by atoms with E-state index in [1.54, 1.807) is 23.1 Å². The third-order valence-corrected chi connectivity index (χ3v) is 6.96. The highest BCUT2D eigenvalue weighted by Crippen LogP contribution is 2.30. The van der Waals surface area contributed by atoms with Gasteiger partial charge >= 0.3 is 0 Å². The van der Waals surface area contributed by atoms with Crippen LogP contribution in [0.4, 0.5) is 0 Å². The molecule has 7 nitrogen and oxygen atoms in total. The Hall–Kier alpha value is -2.74. The standard InChI is InChI=1S/C21H23N5O2S/c1-13-19(23-24-26(13)21-22-17-5-3-4-6-18(17)29-21)20(27)25-10-9-14-11-16(28-2)8-7-15(14)12-25/h7-8,11H,3-6,9-10,12H2,1-2H3. The molecule has 0 fully saturated rings. The average Bonchev–Trinajstić information content (AvgIpc) is 3.35. The summed E-state index contributed by atoms with van der Waals surface area (Å²) in [7, 11) is 1.67. The van der Waals surface area contributed by atoms with Crippen LogP contribution in [0.15, 0.2) is 18.2 Å². The number of fused-ring (bicyclic) bond motifs is 2. The number of rotatable bonds is 3. The second-order valence-electron chi connectivity index (χ2n) is 7.62. The number of hydrogen-bond acceptors (Lipinski definition) is 6. The first-order valence-electron chi connectivity index (χ1n) is 10.0. The van der Waals surface area contributed by atoms with Crippen LogP contribution < -0.4 is 4.74 Å². The lowest BCUT2D eigenvalue weighted by Crippen LogP contribution is -2.36. The molecule has 0 radical (unpaired) electrons. The van der Waals surface area contributed by atoms with Crippen molar-refractivity contribution < 1.29 is 9.53 Å². The van der Waals surface area contributed by atoms with Crippen LogP contribution in [0.1, 0.15) is 50.7 Å². The third-order valence-electron chi connectivity index (χ3n) is 5.83. The summed E-state index contributed by atoms with van der Waals surface area (Å²) in [5, 5.41) is 9.30. The van der Waals surface area contributed by atoms with Gasteiger partial charge in [-0.25, -0.2) is 4.98 Å². The van der Waals surface area contributed by atoms with Gasteiger partial charge < -0.3 is 9.64 Å². The van der Waals surface area contributed by atoms with Gasteiger partial charge in [0.25, 0.3) is 5.91 Å². The topological polar surface area (TPSA) is 73.1 Å². The molecule has 1 amide bonds. The summed E-state index contributed by atoms with van der Waals surface area (Å²) in [6.07, 6.45) is 5.34. The Morgan fingerprint density at radius 2 is 2.03 bits per heavy atom. The van der Waals surface area contributed by atoms with E-state index in [0.29, 0.717) is 18.8 Å². The number of thiazole rings is 1. The van der Waals surface area contributed by atoms with Crippen molar-refractivity contribution in [1.29, 1.82) is 0 Å². The number of hydrogen-bond donors (Lipinski definition) is 0. The first-order valence-corrected chi connectivity index (χ1v) is 10.8. The highest BCUT2D eigenvalue weighted by molar-refractivity contribution is 7.14. The maximum absolute atomic E-state index is 13.2. The number of aryl methyl sites for hydroxylation is 2. The van der Waals surface area contributed by atoms with Gasteiger partial charge in [-0.15, -0.1) is 5.10 Å². The Morgan fingerprint density at radius 1 is 1.17 bits per heavy atom. The van der Waals surface area contributed by atoms with Crippen molar-refractivity contribution in [1.82, 2.24) is 24.9 Å². The second-order valence-corrected chi connectivity index (χ2v) is 8.68. The molecule has 0 atom stereocenters. The molecule has 1 aliphatic heterocycles. The minimum absolute atomic E-state index is 0.0727. The van der Waals surface area contributed by atoms with Gasteiger partial charge in [-0.1, -0.05) is 22.6 Å². The lowest BCUT2D eigenvalue weighted by Gasteiger charge is -2.28. The molecule has 0 saturated heterocycles. The number of nitrogens with zero attached hydrogens (tertiary/aromatic N) is 5. The van der Waals surface area contributed by atoms with E-state index in [0.717, 1.165) is 41.4 Å². The Morgan fingerprint density at radius 3 is 2.86 bits per heavy atom. The molecule has 0 bridgehead atoms. The van der Waals surface area contributed by atoms with E-state index in [2.05, 4.69) is 16.4 Å². The highest BCUT2D eigenvalue weighted by Gasteiger charge is 2.27. The number of amides is 1. The van der Waals surface area contributed by atoms with E-state index in [1.807, 2.05) is 24.0 Å². The van der Waals surface area contributed by atoms with E-state index in [-0.39, 0.29) is 5.91 Å². The van der Waals surface area contributed by atoms with Gasteiger partial charge in [0.2, 0.25) is 5.13 Å². The molecule has 2 aliphatic rings. The molecule has 3 heterocycles. The summed E-state index contributed by atoms with van der Waals surface area (Å²) in [6.45, 7) is 3.14. The van der Waals surface area contributed by atoms with Crippen LogP contribution in [0.5, 0.6) is 5.75 Å². The maximum Gasteiger partial charge on any atom is 0.276 e. The monoisotopic (exact) mass is 409 g/mol. The number of methoxy groups -OCH3 is 1. The number of benzene rings is 1. The predicted octanol–water partition coefficient (Wildman–Crippen LogP) is 3.12. The quantitative estimate of drug-likeness (QED) is 0.665. The van der Waals surface area contributed by atoms with Gasteiger partial charge in [-0.2, -0.15) is 4.68 Å². The van der Waals surface area contributed by atoms with Crippen LogP contribution in [0.3, 0.4) is 0 Å². The van der Waals surface area contributed by atoms with Crippen LogP contribution in [0.2, 0.25) is 0 Å². The Bertz CT molecular complexity index is 1060. The minimum atomic E-state index is -0.0727. The van der Waals surface area contributed by atoms with Crippen molar-refractivity contribution in [3.05, 3.63) is 51.3 Å². The molecule has 0 N–H and O–H groups in total. The third kappa shape index (κ3) is 3.21. The van der Waals surface area contributed by atoms with E-state index < -0.39 is 0 Å². The van der Waals surface area contributed by atoms with Crippen LogP contribution in [0.25, 0.3) is 5.13 Å². The highest BCUT2D eigenvalue weighted by atomic mass is 32.1. The number of carbonyl (C=O) groups is 1. The predicted molar refractivity (Wildman–Crippen MR) is 110 cm³/mol. The molecule has 3 aromatic rings. The average molecular weight is 410 g/mol. The van der Waals surface area contributed by atoms with E-state index in [4.69, 9.17) is 9.72 Å². The zero-order valence-electron chi connectivity index (χ0n) is 16.6. The van der Waals surface area contributed by atoms with Gasteiger partial charge in [0, 0.05) is 18.0 Å². The minimum Gasteiger partial charge on any atom is -0.497 e. The van der Waals surface area contributed by atoms with Gasteiger partial charge in [-0.3, -0.25) is 4.79 Å². The summed E-state index contributed by atoms with van der Waals surface area (Å²) < 4.78 is 7.03. The fourth-order valence-electron chi connectivity index (χ4n) is 4.12. The van der Waals surface area contributed by atoms with Gasteiger partial charge in [-0.05, 0) is 62.3 Å². The van der Waals surface area contributed by atoms with Gasteiger partial charge in [0.15, 0.2) is 5.69 Å². The Kier molecular flexibility index (Phi) is 4.58. The largest absolute Gasteiger partial charge is 0.497 e. The van der Waals surface area contributed by atoms with Crippen LogP contribution >= 0.6 is 11.3 Å². The molecule has 150 valence electrons. The first kappa shape index (κ1) is 18.3. The smallest absolute Gasteiger partial charge is 0.276 e. The SMILES string of the molecule is COc1ccc2c(c1)CCN(C(=O)c1nnn(-c3nc4c(s3)CCCC4)c1C)C2. The molecule has 29 heavy (non-hydrogen) atoms. The van der Waals surface area contributed by atoms with Crippen LogP contribution in [-0.2, 0) is 25.8 Å². The Balaban J connectivity index is 1.39. The second kappa shape index (κ2) is 7.26. The van der Waals surface area contributed by atoms with Gasteiger partial charge in [0.05, 0.1) is 18.5 Å². The molecule has 8 heteroatoms. The normalized spacial score (nSPS) is 15.7. The first-order chi connectivity index (χ1) is 14.1. The van der Waals surface area contributed by atoms with E-state index in [9.17, 15) is 4.79 Å². The van der Waals surface area contributed by atoms with Crippen molar-refractivity contribution in [2.45, 2.75) is 45.6 Å². The number of ether oxygens (including phenoxy) is 1.